The van der Waals surface area contributed by atoms with Gasteiger partial charge in [-0.1, -0.05) is 6.92 Å². The minimum atomic E-state index is -0.0421. The molecule has 0 radical (unpaired) electrons. The number of nitrogens with zero attached hydrogens (tertiary/aromatic N) is 2. The molecular weight excluding hydrogens is 290 g/mol. The van der Waals surface area contributed by atoms with Crippen LogP contribution >= 0.6 is 0 Å². The molecule has 0 unspecified atom stereocenters. The Morgan fingerprint density at radius 2 is 1.87 bits per heavy atom. The van der Waals surface area contributed by atoms with E-state index in [9.17, 15) is 9.59 Å². The summed E-state index contributed by atoms with van der Waals surface area (Å²) in [5.74, 6) is 0.696. The van der Waals surface area contributed by atoms with Gasteiger partial charge in [0.1, 0.15) is 6.54 Å². The van der Waals surface area contributed by atoms with Crippen LogP contribution in [0.4, 0.5) is 11.4 Å². The van der Waals surface area contributed by atoms with Crippen LogP contribution in [0.5, 0.6) is 0 Å². The zero-order valence-electron chi connectivity index (χ0n) is 14.2. The molecule has 1 aromatic carbocycles. The van der Waals surface area contributed by atoms with Crippen molar-refractivity contribution in [3.8, 4) is 0 Å². The number of amides is 2. The summed E-state index contributed by atoms with van der Waals surface area (Å²) in [6, 6.07) is 4.05. The zero-order valence-corrected chi connectivity index (χ0v) is 14.2. The summed E-state index contributed by atoms with van der Waals surface area (Å²) in [4.78, 5) is 28.4. The summed E-state index contributed by atoms with van der Waals surface area (Å²) in [5.41, 5.74) is 4.07. The molecule has 5 heteroatoms. The third kappa shape index (κ3) is 3.19. The van der Waals surface area contributed by atoms with Gasteiger partial charge in [0.25, 0.3) is 0 Å². The Labute approximate surface area is 137 Å². The first-order valence-electron chi connectivity index (χ1n) is 8.39. The molecule has 3 rings (SSSR count). The lowest BCUT2D eigenvalue weighted by Crippen LogP contribution is -2.48. The van der Waals surface area contributed by atoms with Crippen LogP contribution in [0.25, 0.3) is 0 Å². The van der Waals surface area contributed by atoms with E-state index in [1.54, 1.807) is 4.90 Å². The molecule has 23 heavy (non-hydrogen) atoms. The van der Waals surface area contributed by atoms with Crippen molar-refractivity contribution in [3.05, 3.63) is 23.3 Å². The van der Waals surface area contributed by atoms with Gasteiger partial charge in [-0.3, -0.25) is 14.5 Å². The third-order valence-corrected chi connectivity index (χ3v) is 5.06. The average Bonchev–Trinajstić information content (AvgIpc) is 2.52. The van der Waals surface area contributed by atoms with Crippen molar-refractivity contribution in [3.63, 3.8) is 0 Å². The number of likely N-dealkylation sites (tertiary alicyclic amines) is 1. The van der Waals surface area contributed by atoms with Gasteiger partial charge >= 0.3 is 0 Å². The second-order valence-corrected chi connectivity index (χ2v) is 6.85. The molecule has 0 aromatic heterocycles. The van der Waals surface area contributed by atoms with Gasteiger partial charge in [0.15, 0.2) is 0 Å². The van der Waals surface area contributed by atoms with E-state index < -0.39 is 0 Å². The van der Waals surface area contributed by atoms with E-state index in [1.165, 1.54) is 5.56 Å². The van der Waals surface area contributed by atoms with Crippen molar-refractivity contribution in [1.29, 1.82) is 0 Å². The molecule has 1 aromatic rings. The Balaban J connectivity index is 1.79. The highest BCUT2D eigenvalue weighted by atomic mass is 16.2. The number of fused-ring (bicyclic) bond motifs is 1. The van der Waals surface area contributed by atoms with Gasteiger partial charge in [0.2, 0.25) is 11.8 Å². The lowest BCUT2D eigenvalue weighted by atomic mass is 9.99. The van der Waals surface area contributed by atoms with E-state index in [-0.39, 0.29) is 24.9 Å². The second kappa shape index (κ2) is 6.22. The summed E-state index contributed by atoms with van der Waals surface area (Å²) >= 11 is 0. The summed E-state index contributed by atoms with van der Waals surface area (Å²) in [5, 5.41) is 3.15. The fourth-order valence-electron chi connectivity index (χ4n) is 3.23. The predicted molar refractivity (Wildman–Crippen MR) is 91.7 cm³/mol. The molecule has 0 atom stereocenters. The lowest BCUT2D eigenvalue weighted by Gasteiger charge is -2.34. The van der Waals surface area contributed by atoms with Crippen molar-refractivity contribution in [1.82, 2.24) is 4.90 Å². The maximum Gasteiger partial charge on any atom is 0.246 e. The van der Waals surface area contributed by atoms with Crippen molar-refractivity contribution in [2.24, 2.45) is 5.92 Å². The second-order valence-electron chi connectivity index (χ2n) is 6.85. The third-order valence-electron chi connectivity index (χ3n) is 5.06. The molecule has 0 aliphatic carbocycles. The smallest absolute Gasteiger partial charge is 0.246 e. The van der Waals surface area contributed by atoms with E-state index >= 15 is 0 Å². The minimum Gasteiger partial charge on any atom is -0.374 e. The maximum atomic E-state index is 12.6. The summed E-state index contributed by atoms with van der Waals surface area (Å²) in [7, 11) is 0. The Kier molecular flexibility index (Phi) is 4.28. The number of aryl methyl sites for hydroxylation is 2. The van der Waals surface area contributed by atoms with Crippen LogP contribution in [0.1, 0.15) is 30.9 Å². The molecule has 124 valence electrons. The average molecular weight is 315 g/mol. The first-order chi connectivity index (χ1) is 11.0. The number of hydrogen-bond donors (Lipinski definition) is 1. The van der Waals surface area contributed by atoms with Crippen LogP contribution in [-0.2, 0) is 9.59 Å². The molecule has 2 aliphatic rings. The summed E-state index contributed by atoms with van der Waals surface area (Å²) < 4.78 is 0. The van der Waals surface area contributed by atoms with Crippen LogP contribution in [0, 0.1) is 19.8 Å². The fraction of sp³-hybridized carbons (Fsp3) is 0.556. The zero-order chi connectivity index (χ0) is 16.6. The van der Waals surface area contributed by atoms with Crippen molar-refractivity contribution in [2.75, 3.05) is 36.4 Å². The van der Waals surface area contributed by atoms with E-state index in [1.807, 2.05) is 17.9 Å². The van der Waals surface area contributed by atoms with Crippen molar-refractivity contribution < 1.29 is 9.59 Å². The standard InChI is InChI=1S/C18H25N3O2/c1-12-4-6-20(7-5-12)18(23)11-21-16-9-14(3)13(2)8-15(16)19-10-17(21)22/h8-9,12,19H,4-7,10-11H2,1-3H3. The number of nitrogens with one attached hydrogen (secondary N) is 1. The maximum absolute atomic E-state index is 12.6. The highest BCUT2D eigenvalue weighted by molar-refractivity contribution is 6.06. The van der Waals surface area contributed by atoms with E-state index in [4.69, 9.17) is 0 Å². The SMILES string of the molecule is Cc1cc2c(cc1C)N(CC(=O)N1CCC(C)CC1)C(=O)CN2. The number of anilines is 2. The minimum absolute atomic E-state index is 0.0421. The van der Waals surface area contributed by atoms with Gasteiger partial charge in [-0.15, -0.1) is 0 Å². The molecule has 1 fully saturated rings. The van der Waals surface area contributed by atoms with Crippen LogP contribution in [0.3, 0.4) is 0 Å². The van der Waals surface area contributed by atoms with Crippen molar-refractivity contribution in [2.45, 2.75) is 33.6 Å². The Hall–Kier alpha value is -2.04. The topological polar surface area (TPSA) is 52.7 Å². The summed E-state index contributed by atoms with van der Waals surface area (Å²) in [6.45, 7) is 8.31. The molecular formula is C18H25N3O2. The van der Waals surface area contributed by atoms with Gasteiger partial charge in [0, 0.05) is 13.1 Å². The van der Waals surface area contributed by atoms with Crippen molar-refractivity contribution >= 4 is 23.2 Å². The fourth-order valence-corrected chi connectivity index (χ4v) is 3.23. The molecule has 0 bridgehead atoms. The highest BCUT2D eigenvalue weighted by Crippen LogP contribution is 2.32. The molecule has 1 saturated heterocycles. The molecule has 1 N–H and O–H groups in total. The van der Waals surface area contributed by atoms with Crippen LogP contribution < -0.4 is 10.2 Å². The molecule has 0 spiro atoms. The largest absolute Gasteiger partial charge is 0.374 e. The van der Waals surface area contributed by atoms with Gasteiger partial charge < -0.3 is 10.2 Å². The van der Waals surface area contributed by atoms with Gasteiger partial charge in [0.05, 0.1) is 17.9 Å². The van der Waals surface area contributed by atoms with Crippen LogP contribution in [0.15, 0.2) is 12.1 Å². The van der Waals surface area contributed by atoms with E-state index in [2.05, 4.69) is 25.2 Å². The molecule has 2 amide bonds. The first kappa shape index (κ1) is 15.8. The first-order valence-corrected chi connectivity index (χ1v) is 8.39. The number of carbonyl (C=O) groups excluding carboxylic acids is 2. The Morgan fingerprint density at radius 1 is 1.22 bits per heavy atom. The lowest BCUT2D eigenvalue weighted by molar-refractivity contribution is -0.132. The quantitative estimate of drug-likeness (QED) is 0.911. The van der Waals surface area contributed by atoms with Gasteiger partial charge in [-0.2, -0.15) is 0 Å². The van der Waals surface area contributed by atoms with Crippen LogP contribution in [0.2, 0.25) is 0 Å². The number of rotatable bonds is 2. The van der Waals surface area contributed by atoms with Gasteiger partial charge in [-0.05, 0) is 55.9 Å². The number of benzene rings is 1. The Morgan fingerprint density at radius 3 is 2.57 bits per heavy atom. The monoisotopic (exact) mass is 315 g/mol. The normalized spacial score (nSPS) is 18.7. The Bertz CT molecular complexity index is 633. The number of piperidine rings is 1. The number of carbonyl (C=O) groups is 2. The molecule has 2 aliphatic heterocycles. The van der Waals surface area contributed by atoms with Gasteiger partial charge in [-0.25, -0.2) is 0 Å². The predicted octanol–water partition coefficient (Wildman–Crippen LogP) is 2.32. The highest BCUT2D eigenvalue weighted by Gasteiger charge is 2.29. The molecule has 2 heterocycles. The van der Waals surface area contributed by atoms with E-state index in [0.29, 0.717) is 5.92 Å². The van der Waals surface area contributed by atoms with Crippen LogP contribution in [-0.4, -0.2) is 42.9 Å². The molecule has 0 saturated carbocycles. The summed E-state index contributed by atoms with van der Waals surface area (Å²) in [6.07, 6.45) is 2.10. The number of hydrogen-bond acceptors (Lipinski definition) is 3. The molecule has 5 nitrogen and oxygen atoms in total. The van der Waals surface area contributed by atoms with E-state index in [0.717, 1.165) is 42.9 Å².